The third-order valence-corrected chi connectivity index (χ3v) is 5.95. The Morgan fingerprint density at radius 3 is 2.94 bits per heavy atom. The lowest BCUT2D eigenvalue weighted by Crippen LogP contribution is -2.18. The van der Waals surface area contributed by atoms with Crippen molar-refractivity contribution >= 4 is 16.6 Å². The highest BCUT2D eigenvalue weighted by Gasteiger charge is 2.20. The van der Waals surface area contributed by atoms with E-state index in [4.69, 9.17) is 4.74 Å². The zero-order chi connectivity index (χ0) is 21.5. The Kier molecular flexibility index (Phi) is 4.70. The number of hydrogen-bond acceptors (Lipinski definition) is 6. The molecule has 6 rings (SSSR count). The normalized spacial score (nSPS) is 16.8. The third-order valence-electron chi connectivity index (χ3n) is 5.95. The van der Waals surface area contributed by atoms with Gasteiger partial charge in [-0.1, -0.05) is 23.4 Å². The van der Waals surface area contributed by atoms with Crippen LogP contribution in [0.15, 0.2) is 55.1 Å². The van der Waals surface area contributed by atoms with Gasteiger partial charge in [0.05, 0.1) is 36.8 Å². The Morgan fingerprint density at radius 1 is 1.09 bits per heavy atom. The van der Waals surface area contributed by atoms with Gasteiger partial charge in [0.1, 0.15) is 11.3 Å². The summed E-state index contributed by atoms with van der Waals surface area (Å²) in [7, 11) is 0. The molecule has 1 unspecified atom stereocenters. The smallest absolute Gasteiger partial charge is 0.150 e. The summed E-state index contributed by atoms with van der Waals surface area (Å²) in [4.78, 5) is 4.64. The summed E-state index contributed by atoms with van der Waals surface area (Å²) >= 11 is 0. The second-order valence-corrected chi connectivity index (χ2v) is 8.14. The van der Waals surface area contributed by atoms with Crippen molar-refractivity contribution in [1.29, 1.82) is 0 Å². The van der Waals surface area contributed by atoms with E-state index in [2.05, 4.69) is 26.5 Å². The highest BCUT2D eigenvalue weighted by Crippen LogP contribution is 2.31. The fourth-order valence-corrected chi connectivity index (χ4v) is 4.37. The molecule has 1 N–H and O–H groups in total. The Bertz CT molecular complexity index is 1390. The molecular formula is C23H23N7O2. The van der Waals surface area contributed by atoms with E-state index in [1.807, 2.05) is 58.1 Å². The number of aliphatic hydroxyl groups is 1. The highest BCUT2D eigenvalue weighted by atomic mass is 16.5. The summed E-state index contributed by atoms with van der Waals surface area (Å²) < 4.78 is 11.6. The number of fused-ring (bicyclic) bond motifs is 2. The largest absolute Gasteiger partial charge is 0.392 e. The van der Waals surface area contributed by atoms with Gasteiger partial charge in [-0.05, 0) is 37.0 Å². The average Bonchev–Trinajstić information content (AvgIpc) is 3.57. The van der Waals surface area contributed by atoms with Crippen LogP contribution in [0.2, 0.25) is 0 Å². The van der Waals surface area contributed by atoms with Crippen LogP contribution in [0.1, 0.15) is 36.7 Å². The molecule has 162 valence electrons. The molecule has 5 aromatic rings. The zero-order valence-electron chi connectivity index (χ0n) is 17.5. The molecule has 1 saturated heterocycles. The number of pyridine rings is 1. The van der Waals surface area contributed by atoms with Crippen molar-refractivity contribution in [3.63, 3.8) is 0 Å². The van der Waals surface area contributed by atoms with Crippen LogP contribution in [-0.4, -0.2) is 45.9 Å². The molecule has 9 heteroatoms. The molecule has 0 radical (unpaired) electrons. The number of aromatic nitrogens is 7. The Hall–Kier alpha value is -3.56. The fraction of sp³-hybridized carbons (Fsp3) is 0.304. The summed E-state index contributed by atoms with van der Waals surface area (Å²) in [6.45, 7) is 1.30. The van der Waals surface area contributed by atoms with E-state index in [-0.39, 0.29) is 12.8 Å². The van der Waals surface area contributed by atoms with E-state index in [9.17, 15) is 5.11 Å². The lowest BCUT2D eigenvalue weighted by molar-refractivity contribution is -0.0366. The van der Waals surface area contributed by atoms with Crippen molar-refractivity contribution in [3.05, 3.63) is 66.4 Å². The van der Waals surface area contributed by atoms with Crippen molar-refractivity contribution < 1.29 is 9.84 Å². The molecule has 1 aliphatic heterocycles. The van der Waals surface area contributed by atoms with Gasteiger partial charge in [-0.15, -0.1) is 5.10 Å². The second kappa shape index (κ2) is 7.85. The summed E-state index contributed by atoms with van der Waals surface area (Å²) in [6.07, 6.45) is 10.9. The Morgan fingerprint density at radius 2 is 2.06 bits per heavy atom. The van der Waals surface area contributed by atoms with E-state index in [0.29, 0.717) is 6.54 Å². The third kappa shape index (κ3) is 3.35. The van der Waals surface area contributed by atoms with Crippen molar-refractivity contribution in [2.24, 2.45) is 0 Å². The molecule has 0 amide bonds. The van der Waals surface area contributed by atoms with Gasteiger partial charge >= 0.3 is 0 Å². The molecule has 0 spiro atoms. The Balaban J connectivity index is 1.29. The standard InChI is InChI=1S/C23H23N7O2/c31-15-16-7-8-22-25-17(12-28(22)11-16)13-29-14-20(26-27-29)18-4-3-5-21-19(18)10-24-30(21)23-6-1-2-9-32-23/h3-5,7-8,10-12,14,23,31H,1-2,6,9,13,15H2. The first kappa shape index (κ1) is 19.1. The van der Waals surface area contributed by atoms with E-state index < -0.39 is 0 Å². The molecule has 1 aliphatic rings. The average molecular weight is 429 g/mol. The predicted molar refractivity (Wildman–Crippen MR) is 118 cm³/mol. The van der Waals surface area contributed by atoms with E-state index in [1.165, 1.54) is 0 Å². The van der Waals surface area contributed by atoms with Crippen molar-refractivity contribution in [1.82, 2.24) is 34.2 Å². The van der Waals surface area contributed by atoms with Crippen LogP contribution in [0.3, 0.4) is 0 Å². The number of imidazole rings is 1. The highest BCUT2D eigenvalue weighted by molar-refractivity contribution is 5.93. The van der Waals surface area contributed by atoms with Crippen LogP contribution in [0.5, 0.6) is 0 Å². The Labute approximate surface area is 183 Å². The maximum absolute atomic E-state index is 9.33. The van der Waals surface area contributed by atoms with Gasteiger partial charge in [0, 0.05) is 30.0 Å². The molecule has 0 aliphatic carbocycles. The van der Waals surface area contributed by atoms with Crippen molar-refractivity contribution in [2.45, 2.75) is 38.6 Å². The molecule has 1 atom stereocenters. The summed E-state index contributed by atoms with van der Waals surface area (Å²) in [5.41, 5.74) is 5.39. The lowest BCUT2D eigenvalue weighted by Gasteiger charge is -2.23. The minimum Gasteiger partial charge on any atom is -0.392 e. The topological polar surface area (TPSA) is 95.3 Å². The maximum Gasteiger partial charge on any atom is 0.150 e. The quantitative estimate of drug-likeness (QED) is 0.461. The minimum absolute atomic E-state index is 0.00485. The van der Waals surface area contributed by atoms with Gasteiger partial charge in [0.2, 0.25) is 0 Å². The van der Waals surface area contributed by atoms with Gasteiger partial charge in [0.15, 0.2) is 6.23 Å². The molecule has 9 nitrogen and oxygen atoms in total. The number of benzene rings is 1. The first-order chi connectivity index (χ1) is 15.8. The van der Waals surface area contributed by atoms with Crippen LogP contribution in [0.4, 0.5) is 0 Å². The summed E-state index contributed by atoms with van der Waals surface area (Å²) in [5.74, 6) is 0. The monoisotopic (exact) mass is 429 g/mol. The minimum atomic E-state index is -0.00595. The van der Waals surface area contributed by atoms with Crippen molar-refractivity contribution in [3.8, 4) is 11.3 Å². The van der Waals surface area contributed by atoms with Gasteiger partial charge < -0.3 is 14.2 Å². The molecular weight excluding hydrogens is 406 g/mol. The van der Waals surface area contributed by atoms with E-state index >= 15 is 0 Å². The number of aliphatic hydroxyl groups excluding tert-OH is 1. The zero-order valence-corrected chi connectivity index (χ0v) is 17.5. The lowest BCUT2D eigenvalue weighted by atomic mass is 10.1. The number of nitrogens with zero attached hydrogens (tertiary/aromatic N) is 7. The van der Waals surface area contributed by atoms with E-state index in [0.717, 1.165) is 64.9 Å². The van der Waals surface area contributed by atoms with Gasteiger partial charge in [-0.3, -0.25) is 0 Å². The summed E-state index contributed by atoms with van der Waals surface area (Å²) in [5, 5.41) is 23.7. The van der Waals surface area contributed by atoms with Crippen LogP contribution >= 0.6 is 0 Å². The van der Waals surface area contributed by atoms with Crippen LogP contribution in [0, 0.1) is 0 Å². The first-order valence-corrected chi connectivity index (χ1v) is 10.8. The molecule has 0 saturated carbocycles. The first-order valence-electron chi connectivity index (χ1n) is 10.8. The van der Waals surface area contributed by atoms with Crippen LogP contribution < -0.4 is 0 Å². The van der Waals surface area contributed by atoms with Crippen molar-refractivity contribution in [2.75, 3.05) is 6.61 Å². The van der Waals surface area contributed by atoms with Gasteiger partial charge in [0.25, 0.3) is 0 Å². The van der Waals surface area contributed by atoms with Gasteiger partial charge in [-0.2, -0.15) is 5.10 Å². The fourth-order valence-electron chi connectivity index (χ4n) is 4.37. The molecule has 5 heterocycles. The number of ether oxygens (including phenoxy) is 1. The second-order valence-electron chi connectivity index (χ2n) is 8.14. The maximum atomic E-state index is 9.33. The van der Waals surface area contributed by atoms with Gasteiger partial charge in [-0.25, -0.2) is 14.3 Å². The number of hydrogen-bond donors (Lipinski definition) is 1. The SMILES string of the molecule is OCc1ccc2nc(Cn3cc(-c4cccc5c4cnn5C4CCCCO4)nn3)cn2c1. The van der Waals surface area contributed by atoms with E-state index in [1.54, 1.807) is 4.68 Å². The van der Waals surface area contributed by atoms with Crippen LogP contribution in [-0.2, 0) is 17.9 Å². The molecule has 4 aromatic heterocycles. The molecule has 0 bridgehead atoms. The number of rotatable bonds is 5. The van der Waals surface area contributed by atoms with Crippen LogP contribution in [0.25, 0.3) is 27.8 Å². The molecule has 32 heavy (non-hydrogen) atoms. The summed E-state index contributed by atoms with van der Waals surface area (Å²) in [6, 6.07) is 9.92. The predicted octanol–water partition coefficient (Wildman–Crippen LogP) is 3.18. The molecule has 1 fully saturated rings. The molecule has 1 aromatic carbocycles.